The van der Waals surface area contributed by atoms with Crippen molar-refractivity contribution >= 4 is 28.5 Å². The zero-order valence-electron chi connectivity index (χ0n) is 18.7. The smallest absolute Gasteiger partial charge is 0.261 e. The predicted octanol–water partition coefficient (Wildman–Crippen LogP) is 5.05. The molecule has 0 radical (unpaired) electrons. The first-order valence-corrected chi connectivity index (χ1v) is 11.4. The summed E-state index contributed by atoms with van der Waals surface area (Å²) in [4.78, 5) is 42.6. The lowest BCUT2D eigenvalue weighted by Gasteiger charge is -2.28. The highest BCUT2D eigenvalue weighted by molar-refractivity contribution is 6.25. The van der Waals surface area contributed by atoms with Gasteiger partial charge in [0.2, 0.25) is 5.91 Å². The molecule has 1 aliphatic rings. The van der Waals surface area contributed by atoms with Gasteiger partial charge in [-0.25, -0.2) is 0 Å². The minimum Gasteiger partial charge on any atom is -0.334 e. The maximum absolute atomic E-state index is 13.3. The van der Waals surface area contributed by atoms with Crippen molar-refractivity contribution in [3.63, 3.8) is 0 Å². The van der Waals surface area contributed by atoms with E-state index in [9.17, 15) is 14.4 Å². The van der Waals surface area contributed by atoms with Gasteiger partial charge in [0.15, 0.2) is 0 Å². The van der Waals surface area contributed by atoms with E-state index < -0.39 is 0 Å². The van der Waals surface area contributed by atoms with Gasteiger partial charge in [-0.2, -0.15) is 0 Å². The Labute approximate surface area is 198 Å². The van der Waals surface area contributed by atoms with Crippen LogP contribution in [0.3, 0.4) is 0 Å². The quantitative estimate of drug-likeness (QED) is 0.372. The molecule has 4 aromatic carbocycles. The van der Waals surface area contributed by atoms with Crippen LogP contribution in [0.15, 0.2) is 97.1 Å². The fourth-order valence-corrected chi connectivity index (χ4v) is 4.49. The van der Waals surface area contributed by atoms with Crippen LogP contribution in [0.5, 0.6) is 0 Å². The minimum absolute atomic E-state index is 0.0430. The van der Waals surface area contributed by atoms with E-state index in [0.29, 0.717) is 29.6 Å². The molecule has 0 fully saturated rings. The molecule has 5 heteroatoms. The Morgan fingerprint density at radius 1 is 0.647 bits per heavy atom. The topological polar surface area (TPSA) is 57.7 Å². The summed E-state index contributed by atoms with van der Waals surface area (Å²) in [6.45, 7) is 0.957. The Kier molecular flexibility index (Phi) is 5.91. The number of imide groups is 1. The molecule has 0 N–H and O–H groups in total. The average molecular weight is 449 g/mol. The van der Waals surface area contributed by atoms with Gasteiger partial charge in [-0.1, -0.05) is 84.9 Å². The third-order valence-corrected chi connectivity index (χ3v) is 6.19. The minimum atomic E-state index is -0.347. The first-order chi connectivity index (χ1) is 16.6. The Bertz CT molecular complexity index is 1270. The molecular formula is C29H24N2O3. The number of rotatable bonds is 7. The lowest BCUT2D eigenvalue weighted by Crippen LogP contribution is -2.42. The summed E-state index contributed by atoms with van der Waals surface area (Å²) in [6, 6.07) is 30.5. The maximum Gasteiger partial charge on any atom is 0.261 e. The van der Waals surface area contributed by atoms with Gasteiger partial charge in [0.05, 0.1) is 0 Å². The molecule has 0 atom stereocenters. The van der Waals surface area contributed by atoms with Gasteiger partial charge >= 0.3 is 0 Å². The summed E-state index contributed by atoms with van der Waals surface area (Å²) < 4.78 is 0. The van der Waals surface area contributed by atoms with E-state index in [4.69, 9.17) is 0 Å². The van der Waals surface area contributed by atoms with Gasteiger partial charge in [0.1, 0.15) is 0 Å². The number of hydrogen-bond acceptors (Lipinski definition) is 3. The number of carbonyl (C=O) groups is 3. The van der Waals surface area contributed by atoms with Gasteiger partial charge < -0.3 is 4.90 Å². The largest absolute Gasteiger partial charge is 0.334 e. The van der Waals surface area contributed by atoms with Gasteiger partial charge in [0.25, 0.3) is 11.8 Å². The third kappa shape index (κ3) is 4.20. The Morgan fingerprint density at radius 2 is 1.15 bits per heavy atom. The molecule has 168 valence electrons. The van der Waals surface area contributed by atoms with Crippen molar-refractivity contribution < 1.29 is 14.4 Å². The standard InChI is InChI=1S/C29H24N2O3/c32-26(30(19-21-9-3-1-4-10-21)20-22-11-5-2-6-12-22)17-18-31-28(33)24-15-7-13-23-14-8-16-25(27(23)24)29(31)34/h1-16H,17-20H2. The molecule has 1 heterocycles. The first-order valence-electron chi connectivity index (χ1n) is 11.4. The second kappa shape index (κ2) is 9.32. The summed E-state index contributed by atoms with van der Waals surface area (Å²) >= 11 is 0. The second-order valence-electron chi connectivity index (χ2n) is 8.44. The van der Waals surface area contributed by atoms with Crippen LogP contribution in [0.25, 0.3) is 10.8 Å². The van der Waals surface area contributed by atoms with Crippen molar-refractivity contribution in [2.24, 2.45) is 0 Å². The van der Waals surface area contributed by atoms with Crippen LogP contribution in [0.4, 0.5) is 0 Å². The summed E-state index contributed by atoms with van der Waals surface area (Å²) in [5, 5.41) is 1.56. The van der Waals surface area contributed by atoms with E-state index in [1.807, 2.05) is 84.9 Å². The van der Waals surface area contributed by atoms with Crippen molar-refractivity contribution in [2.75, 3.05) is 6.54 Å². The molecule has 5 nitrogen and oxygen atoms in total. The van der Waals surface area contributed by atoms with Crippen LogP contribution >= 0.6 is 0 Å². The lowest BCUT2D eigenvalue weighted by molar-refractivity contribution is -0.132. The fourth-order valence-electron chi connectivity index (χ4n) is 4.49. The van der Waals surface area contributed by atoms with E-state index in [2.05, 4.69) is 0 Å². The Hall–Kier alpha value is -4.25. The van der Waals surface area contributed by atoms with Gasteiger partial charge in [-0.3, -0.25) is 19.3 Å². The first kappa shape index (κ1) is 21.6. The van der Waals surface area contributed by atoms with Crippen molar-refractivity contribution in [3.8, 4) is 0 Å². The molecule has 0 saturated heterocycles. The zero-order valence-corrected chi connectivity index (χ0v) is 18.7. The van der Waals surface area contributed by atoms with Crippen LogP contribution in [0.2, 0.25) is 0 Å². The molecule has 0 spiro atoms. The van der Waals surface area contributed by atoms with Crippen LogP contribution in [-0.4, -0.2) is 34.1 Å². The Morgan fingerprint density at radius 3 is 1.65 bits per heavy atom. The SMILES string of the molecule is O=C(CCN1C(=O)c2cccc3cccc(c23)C1=O)N(Cc1ccccc1)Cc1ccccc1. The molecule has 0 saturated carbocycles. The molecule has 0 aromatic heterocycles. The van der Waals surface area contributed by atoms with Crippen LogP contribution in [0, 0.1) is 0 Å². The molecular weight excluding hydrogens is 424 g/mol. The van der Waals surface area contributed by atoms with Crippen molar-refractivity contribution in [1.82, 2.24) is 9.80 Å². The molecule has 3 amide bonds. The van der Waals surface area contributed by atoms with E-state index in [1.54, 1.807) is 17.0 Å². The third-order valence-electron chi connectivity index (χ3n) is 6.19. The lowest BCUT2D eigenvalue weighted by atomic mass is 9.94. The van der Waals surface area contributed by atoms with E-state index in [-0.39, 0.29) is 30.7 Å². The van der Waals surface area contributed by atoms with Crippen LogP contribution < -0.4 is 0 Å². The summed E-state index contributed by atoms with van der Waals surface area (Å²) in [6.07, 6.45) is 0.0648. The highest BCUT2D eigenvalue weighted by Crippen LogP contribution is 2.30. The number of nitrogens with zero attached hydrogens (tertiary/aromatic N) is 2. The van der Waals surface area contributed by atoms with E-state index >= 15 is 0 Å². The van der Waals surface area contributed by atoms with Crippen molar-refractivity contribution in [3.05, 3.63) is 119 Å². The zero-order chi connectivity index (χ0) is 23.5. The fraction of sp³-hybridized carbons (Fsp3) is 0.138. The Balaban J connectivity index is 1.35. The van der Waals surface area contributed by atoms with E-state index in [1.165, 1.54) is 4.90 Å². The maximum atomic E-state index is 13.3. The summed E-state index contributed by atoms with van der Waals surface area (Å²) in [7, 11) is 0. The van der Waals surface area contributed by atoms with Crippen molar-refractivity contribution in [2.45, 2.75) is 19.5 Å². The second-order valence-corrected chi connectivity index (χ2v) is 8.44. The number of amides is 3. The molecule has 0 unspecified atom stereocenters. The number of carbonyl (C=O) groups excluding carboxylic acids is 3. The molecule has 0 aliphatic carbocycles. The highest BCUT2D eigenvalue weighted by atomic mass is 16.2. The van der Waals surface area contributed by atoms with E-state index in [0.717, 1.165) is 16.5 Å². The molecule has 0 bridgehead atoms. The summed E-state index contributed by atoms with van der Waals surface area (Å²) in [5.41, 5.74) is 3.06. The van der Waals surface area contributed by atoms with Gasteiger partial charge in [-0.05, 0) is 28.6 Å². The molecule has 1 aliphatic heterocycles. The molecule has 34 heavy (non-hydrogen) atoms. The van der Waals surface area contributed by atoms with Crippen molar-refractivity contribution in [1.29, 1.82) is 0 Å². The molecule has 5 rings (SSSR count). The highest BCUT2D eigenvalue weighted by Gasteiger charge is 2.33. The monoisotopic (exact) mass is 448 g/mol. The summed E-state index contributed by atoms with van der Waals surface area (Å²) in [5.74, 6) is -0.801. The number of hydrogen-bond donors (Lipinski definition) is 0. The predicted molar refractivity (Wildman–Crippen MR) is 131 cm³/mol. The average Bonchev–Trinajstić information content (AvgIpc) is 2.88. The van der Waals surface area contributed by atoms with Gasteiger partial charge in [-0.15, -0.1) is 0 Å². The number of benzene rings is 4. The van der Waals surface area contributed by atoms with Crippen LogP contribution in [0.1, 0.15) is 38.3 Å². The van der Waals surface area contributed by atoms with Gasteiger partial charge in [0, 0.05) is 42.6 Å². The molecule has 4 aromatic rings. The van der Waals surface area contributed by atoms with Crippen LogP contribution in [-0.2, 0) is 17.9 Å². The normalized spacial score (nSPS) is 12.8.